The van der Waals surface area contributed by atoms with Crippen LogP contribution in [0.3, 0.4) is 0 Å². The van der Waals surface area contributed by atoms with Gasteiger partial charge in [-0.2, -0.15) is 13.2 Å². The van der Waals surface area contributed by atoms with Crippen molar-refractivity contribution in [2.45, 2.75) is 46.0 Å². The number of nitrogens with one attached hydrogen (secondary N) is 2. The first kappa shape index (κ1) is 23.1. The summed E-state index contributed by atoms with van der Waals surface area (Å²) in [5.74, 6) is 1.29. The predicted molar refractivity (Wildman–Crippen MR) is 101 cm³/mol. The first-order valence-corrected chi connectivity index (χ1v) is 9.09. The Morgan fingerprint density at radius 1 is 1.15 bits per heavy atom. The van der Waals surface area contributed by atoms with Crippen LogP contribution in [0.4, 0.5) is 13.2 Å². The van der Waals surface area contributed by atoms with Crippen LogP contribution < -0.4 is 15.4 Å². The van der Waals surface area contributed by atoms with E-state index in [0.29, 0.717) is 25.0 Å². The van der Waals surface area contributed by atoms with E-state index in [0.717, 1.165) is 18.5 Å². The lowest BCUT2D eigenvalue weighted by Crippen LogP contribution is -2.38. The van der Waals surface area contributed by atoms with E-state index in [4.69, 9.17) is 9.47 Å². The fourth-order valence-corrected chi connectivity index (χ4v) is 2.43. The van der Waals surface area contributed by atoms with E-state index in [1.165, 1.54) is 12.1 Å². The predicted octanol–water partition coefficient (Wildman–Crippen LogP) is 3.74. The van der Waals surface area contributed by atoms with Gasteiger partial charge in [-0.3, -0.25) is 4.99 Å². The van der Waals surface area contributed by atoms with Crippen molar-refractivity contribution in [2.24, 2.45) is 10.9 Å². The Morgan fingerprint density at radius 2 is 1.81 bits per heavy atom. The van der Waals surface area contributed by atoms with Gasteiger partial charge in [0.15, 0.2) is 12.6 Å². The SMILES string of the molecule is CCOC(CCNC(=NC)NCc1ccc(OCC(F)(F)F)cc1)C(C)C. The Balaban J connectivity index is 2.39. The number of guanidine groups is 1. The van der Waals surface area contributed by atoms with Crippen LogP contribution >= 0.6 is 0 Å². The molecule has 1 atom stereocenters. The Kier molecular flexibility index (Phi) is 9.99. The van der Waals surface area contributed by atoms with Gasteiger partial charge in [0.25, 0.3) is 0 Å². The zero-order valence-corrected chi connectivity index (χ0v) is 16.4. The standard InChI is InChI=1S/C19H30F3N3O2/c1-5-26-17(14(2)3)10-11-24-18(23-4)25-12-15-6-8-16(9-7-15)27-13-19(20,21)22/h6-9,14,17H,5,10-13H2,1-4H3,(H2,23,24,25). The lowest BCUT2D eigenvalue weighted by Gasteiger charge is -2.21. The van der Waals surface area contributed by atoms with Crippen molar-refractivity contribution in [3.8, 4) is 5.75 Å². The first-order chi connectivity index (χ1) is 12.7. The molecule has 0 aliphatic rings. The lowest BCUT2D eigenvalue weighted by atomic mass is 10.0. The van der Waals surface area contributed by atoms with Crippen LogP contribution in [-0.4, -0.2) is 45.0 Å². The number of hydrogen-bond acceptors (Lipinski definition) is 3. The molecule has 1 aromatic rings. The summed E-state index contributed by atoms with van der Waals surface area (Å²) in [6, 6.07) is 6.48. The van der Waals surface area contributed by atoms with E-state index in [9.17, 15) is 13.2 Å². The molecule has 0 spiro atoms. The highest BCUT2D eigenvalue weighted by Crippen LogP contribution is 2.18. The van der Waals surface area contributed by atoms with Crippen molar-refractivity contribution in [3.05, 3.63) is 29.8 Å². The lowest BCUT2D eigenvalue weighted by molar-refractivity contribution is -0.153. The van der Waals surface area contributed by atoms with Crippen LogP contribution in [0.1, 0.15) is 32.8 Å². The molecule has 1 unspecified atom stereocenters. The normalized spacial score (nSPS) is 13.6. The summed E-state index contributed by atoms with van der Waals surface area (Å²) in [5.41, 5.74) is 0.909. The van der Waals surface area contributed by atoms with E-state index in [1.54, 1.807) is 19.2 Å². The van der Waals surface area contributed by atoms with Crippen LogP contribution in [0.5, 0.6) is 5.75 Å². The Bertz CT molecular complexity index is 560. The maximum absolute atomic E-state index is 12.1. The minimum Gasteiger partial charge on any atom is -0.484 e. The molecule has 1 rings (SSSR count). The van der Waals surface area contributed by atoms with Gasteiger partial charge in [-0.05, 0) is 37.0 Å². The molecule has 0 saturated heterocycles. The van der Waals surface area contributed by atoms with E-state index in [2.05, 4.69) is 29.5 Å². The van der Waals surface area contributed by atoms with Gasteiger partial charge in [0, 0.05) is 26.7 Å². The second-order valence-electron chi connectivity index (χ2n) is 6.43. The molecular weight excluding hydrogens is 359 g/mol. The largest absolute Gasteiger partial charge is 0.484 e. The highest BCUT2D eigenvalue weighted by molar-refractivity contribution is 5.79. The molecule has 2 N–H and O–H groups in total. The Labute approximate surface area is 159 Å². The monoisotopic (exact) mass is 389 g/mol. The van der Waals surface area contributed by atoms with Gasteiger partial charge in [-0.1, -0.05) is 26.0 Å². The molecule has 154 valence electrons. The summed E-state index contributed by atoms with van der Waals surface area (Å²) >= 11 is 0. The molecule has 0 radical (unpaired) electrons. The second kappa shape index (κ2) is 11.7. The third-order valence-electron chi connectivity index (χ3n) is 3.86. The average Bonchev–Trinajstić information content (AvgIpc) is 2.62. The van der Waals surface area contributed by atoms with Gasteiger partial charge in [0.1, 0.15) is 5.75 Å². The van der Waals surface area contributed by atoms with Gasteiger partial charge in [-0.15, -0.1) is 0 Å². The Hall–Kier alpha value is -1.96. The summed E-state index contributed by atoms with van der Waals surface area (Å²) < 4.78 is 46.8. The van der Waals surface area contributed by atoms with Crippen molar-refractivity contribution in [1.29, 1.82) is 0 Å². The molecule has 0 aliphatic carbocycles. The van der Waals surface area contributed by atoms with E-state index >= 15 is 0 Å². The third kappa shape index (κ3) is 10.1. The van der Waals surface area contributed by atoms with Crippen molar-refractivity contribution >= 4 is 5.96 Å². The summed E-state index contributed by atoms with van der Waals surface area (Å²) in [6.45, 7) is 6.89. The molecule has 5 nitrogen and oxygen atoms in total. The van der Waals surface area contributed by atoms with Gasteiger partial charge in [-0.25, -0.2) is 0 Å². The van der Waals surface area contributed by atoms with Gasteiger partial charge in [0.2, 0.25) is 0 Å². The van der Waals surface area contributed by atoms with Crippen molar-refractivity contribution < 1.29 is 22.6 Å². The highest BCUT2D eigenvalue weighted by Gasteiger charge is 2.28. The quantitative estimate of drug-likeness (QED) is 0.473. The minimum absolute atomic E-state index is 0.189. The number of ether oxygens (including phenoxy) is 2. The minimum atomic E-state index is -4.34. The van der Waals surface area contributed by atoms with E-state index in [1.807, 2.05) is 6.92 Å². The van der Waals surface area contributed by atoms with Gasteiger partial charge in [0.05, 0.1) is 6.10 Å². The van der Waals surface area contributed by atoms with Crippen LogP contribution in [-0.2, 0) is 11.3 Å². The molecule has 0 amide bonds. The van der Waals surface area contributed by atoms with Crippen molar-refractivity contribution in [2.75, 3.05) is 26.8 Å². The van der Waals surface area contributed by atoms with Gasteiger partial charge < -0.3 is 20.1 Å². The van der Waals surface area contributed by atoms with E-state index < -0.39 is 12.8 Å². The fraction of sp³-hybridized carbons (Fsp3) is 0.632. The smallest absolute Gasteiger partial charge is 0.422 e. The molecule has 8 heteroatoms. The van der Waals surface area contributed by atoms with Crippen LogP contribution in [0.2, 0.25) is 0 Å². The topological polar surface area (TPSA) is 54.9 Å². The number of nitrogens with zero attached hydrogens (tertiary/aromatic N) is 1. The molecule has 0 aliphatic heterocycles. The molecule has 27 heavy (non-hydrogen) atoms. The van der Waals surface area contributed by atoms with Crippen LogP contribution in [0.25, 0.3) is 0 Å². The number of alkyl halides is 3. The summed E-state index contributed by atoms with van der Waals surface area (Å²) in [4.78, 5) is 4.17. The number of halogens is 3. The average molecular weight is 389 g/mol. The fourth-order valence-electron chi connectivity index (χ4n) is 2.43. The zero-order valence-electron chi connectivity index (χ0n) is 16.4. The maximum atomic E-state index is 12.1. The summed E-state index contributed by atoms with van der Waals surface area (Å²) in [5, 5.41) is 6.41. The number of hydrogen-bond donors (Lipinski definition) is 2. The highest BCUT2D eigenvalue weighted by atomic mass is 19.4. The molecule has 0 aromatic heterocycles. The zero-order chi connectivity index (χ0) is 20.3. The Morgan fingerprint density at radius 3 is 2.33 bits per heavy atom. The molecule has 0 fully saturated rings. The number of rotatable bonds is 10. The van der Waals surface area contributed by atoms with Gasteiger partial charge >= 0.3 is 6.18 Å². The van der Waals surface area contributed by atoms with Crippen molar-refractivity contribution in [3.63, 3.8) is 0 Å². The van der Waals surface area contributed by atoms with Crippen LogP contribution in [0.15, 0.2) is 29.3 Å². The van der Waals surface area contributed by atoms with E-state index in [-0.39, 0.29) is 11.9 Å². The van der Waals surface area contributed by atoms with Crippen molar-refractivity contribution in [1.82, 2.24) is 10.6 Å². The molecule has 0 bridgehead atoms. The first-order valence-electron chi connectivity index (χ1n) is 9.09. The maximum Gasteiger partial charge on any atom is 0.422 e. The third-order valence-corrected chi connectivity index (χ3v) is 3.86. The second-order valence-corrected chi connectivity index (χ2v) is 6.43. The molecule has 0 saturated carbocycles. The summed E-state index contributed by atoms with van der Waals surface area (Å²) in [6.07, 6.45) is -3.27. The number of aliphatic imine (C=N–C) groups is 1. The summed E-state index contributed by atoms with van der Waals surface area (Å²) in [7, 11) is 1.69. The molecule has 0 heterocycles. The molecular formula is C19H30F3N3O2. The van der Waals surface area contributed by atoms with Crippen LogP contribution in [0, 0.1) is 5.92 Å². The molecule has 1 aromatic carbocycles. The number of benzene rings is 1.